The lowest BCUT2D eigenvalue weighted by Crippen LogP contribution is -2.42. The van der Waals surface area contributed by atoms with Crippen molar-refractivity contribution in [2.75, 3.05) is 5.32 Å². The van der Waals surface area contributed by atoms with Crippen molar-refractivity contribution >= 4 is 58.3 Å². The van der Waals surface area contributed by atoms with Gasteiger partial charge < -0.3 is 15.7 Å². The second kappa shape index (κ2) is 10.7. The largest absolute Gasteiger partial charge is 0.480 e. The third kappa shape index (κ3) is 6.05. The summed E-state index contributed by atoms with van der Waals surface area (Å²) < 4.78 is 0. The summed E-state index contributed by atoms with van der Waals surface area (Å²) in [6.07, 6.45) is 0.0149. The quantitative estimate of drug-likeness (QED) is 0.388. The summed E-state index contributed by atoms with van der Waals surface area (Å²) >= 11 is 18.2. The van der Waals surface area contributed by atoms with Crippen LogP contribution in [0.15, 0.2) is 60.7 Å². The molecule has 0 aromatic heterocycles. The second-order valence-electron chi connectivity index (χ2n) is 7.25. The van der Waals surface area contributed by atoms with Gasteiger partial charge in [-0.2, -0.15) is 0 Å². The Morgan fingerprint density at radius 1 is 0.818 bits per heavy atom. The summed E-state index contributed by atoms with van der Waals surface area (Å²) in [6.45, 7) is 1.79. The zero-order valence-electron chi connectivity index (χ0n) is 17.4. The monoisotopic (exact) mass is 504 g/mol. The molecule has 3 N–H and O–H groups in total. The van der Waals surface area contributed by atoms with Crippen LogP contribution in [0.1, 0.15) is 31.8 Å². The zero-order chi connectivity index (χ0) is 24.1. The number of hydrogen-bond acceptors (Lipinski definition) is 3. The highest BCUT2D eigenvalue weighted by molar-refractivity contribution is 6.39. The van der Waals surface area contributed by atoms with Gasteiger partial charge >= 0.3 is 5.97 Å². The number of hydrogen-bond donors (Lipinski definition) is 3. The molecule has 2 amide bonds. The minimum Gasteiger partial charge on any atom is -0.480 e. The van der Waals surface area contributed by atoms with Crippen LogP contribution in [-0.2, 0) is 11.2 Å². The van der Waals surface area contributed by atoms with E-state index in [2.05, 4.69) is 10.6 Å². The van der Waals surface area contributed by atoms with E-state index in [4.69, 9.17) is 34.8 Å². The molecule has 0 bridgehead atoms. The summed E-state index contributed by atoms with van der Waals surface area (Å²) in [5, 5.41) is 15.4. The number of anilines is 1. The van der Waals surface area contributed by atoms with Crippen LogP contribution in [0.25, 0.3) is 0 Å². The number of nitrogens with one attached hydrogen (secondary N) is 2. The number of carbonyl (C=O) groups is 3. The summed E-state index contributed by atoms with van der Waals surface area (Å²) in [5.74, 6) is -2.24. The van der Waals surface area contributed by atoms with Crippen LogP contribution < -0.4 is 10.6 Å². The SMILES string of the molecule is Cc1cccc(Cl)c1C(=O)Nc1ccc(CC(NC(=O)c2c(Cl)cccc2Cl)C(=O)O)cc1. The lowest BCUT2D eigenvalue weighted by atomic mass is 10.0. The third-order valence-corrected chi connectivity index (χ3v) is 5.84. The predicted molar refractivity (Wildman–Crippen MR) is 130 cm³/mol. The number of amides is 2. The Kier molecular flexibility index (Phi) is 7.97. The summed E-state index contributed by atoms with van der Waals surface area (Å²) in [6, 6.07) is 15.2. The Morgan fingerprint density at radius 3 is 1.91 bits per heavy atom. The molecule has 0 radical (unpaired) electrons. The van der Waals surface area contributed by atoms with Gasteiger partial charge in [-0.1, -0.05) is 65.1 Å². The van der Waals surface area contributed by atoms with Gasteiger partial charge in [0, 0.05) is 12.1 Å². The van der Waals surface area contributed by atoms with Crippen molar-refractivity contribution in [3.63, 3.8) is 0 Å². The standard InChI is InChI=1S/C24H19Cl3N2O4/c1-13-4-2-5-16(25)20(13)22(30)28-15-10-8-14(9-11-15)12-19(24(32)33)29-23(31)21-17(26)6-3-7-18(21)27/h2-11,19H,12H2,1H3,(H,28,30)(H,29,31)(H,32,33). The molecule has 0 aliphatic carbocycles. The van der Waals surface area contributed by atoms with Crippen molar-refractivity contribution in [1.82, 2.24) is 5.32 Å². The van der Waals surface area contributed by atoms with Crippen LogP contribution >= 0.6 is 34.8 Å². The molecule has 3 aromatic rings. The van der Waals surface area contributed by atoms with Crippen LogP contribution in [0.3, 0.4) is 0 Å². The fourth-order valence-corrected chi connectivity index (χ4v) is 4.09. The number of carboxylic acid groups (broad SMARTS) is 1. The van der Waals surface area contributed by atoms with Gasteiger partial charge in [0.15, 0.2) is 0 Å². The third-order valence-electron chi connectivity index (χ3n) is 4.89. The Morgan fingerprint density at radius 2 is 1.36 bits per heavy atom. The minimum atomic E-state index is -1.21. The molecule has 0 aliphatic heterocycles. The van der Waals surface area contributed by atoms with E-state index in [0.717, 1.165) is 5.56 Å². The average molecular weight is 506 g/mol. The molecule has 33 heavy (non-hydrogen) atoms. The first-order valence-electron chi connectivity index (χ1n) is 9.80. The van der Waals surface area contributed by atoms with Gasteiger partial charge in [-0.15, -0.1) is 0 Å². The van der Waals surface area contributed by atoms with E-state index in [1.165, 1.54) is 12.1 Å². The molecule has 0 saturated carbocycles. The number of aryl methyl sites for hydroxylation is 1. The van der Waals surface area contributed by atoms with E-state index in [9.17, 15) is 19.5 Å². The molecular weight excluding hydrogens is 487 g/mol. The minimum absolute atomic E-state index is 0.0139. The summed E-state index contributed by atoms with van der Waals surface area (Å²) in [5.41, 5.74) is 2.30. The lowest BCUT2D eigenvalue weighted by Gasteiger charge is -2.16. The highest BCUT2D eigenvalue weighted by atomic mass is 35.5. The molecule has 0 spiro atoms. The van der Waals surface area contributed by atoms with Crippen LogP contribution in [0.5, 0.6) is 0 Å². The first kappa shape index (κ1) is 24.6. The zero-order valence-corrected chi connectivity index (χ0v) is 19.6. The molecule has 3 rings (SSSR count). The number of benzene rings is 3. The van der Waals surface area contributed by atoms with Crippen LogP contribution in [-0.4, -0.2) is 28.9 Å². The van der Waals surface area contributed by atoms with Gasteiger partial charge in [0.05, 0.1) is 26.2 Å². The number of carbonyl (C=O) groups excluding carboxylic acids is 2. The first-order valence-corrected chi connectivity index (χ1v) is 10.9. The Labute approximate surface area is 205 Å². The molecule has 6 nitrogen and oxygen atoms in total. The van der Waals surface area contributed by atoms with Gasteiger partial charge in [-0.25, -0.2) is 4.79 Å². The van der Waals surface area contributed by atoms with Crippen molar-refractivity contribution in [1.29, 1.82) is 0 Å². The fourth-order valence-electron chi connectivity index (χ4n) is 3.22. The normalized spacial score (nSPS) is 11.5. The Balaban J connectivity index is 1.70. The van der Waals surface area contributed by atoms with Gasteiger partial charge in [0.1, 0.15) is 6.04 Å². The Bertz CT molecular complexity index is 1170. The summed E-state index contributed by atoms with van der Waals surface area (Å²) in [4.78, 5) is 36.9. The molecule has 0 fully saturated rings. The number of aliphatic carboxylic acids is 1. The molecule has 0 saturated heterocycles. The van der Waals surface area contributed by atoms with Gasteiger partial charge in [0.2, 0.25) is 0 Å². The second-order valence-corrected chi connectivity index (χ2v) is 8.47. The molecule has 170 valence electrons. The van der Waals surface area contributed by atoms with Crippen molar-refractivity contribution in [3.05, 3.63) is 98.0 Å². The number of rotatable bonds is 7. The number of halogens is 3. The van der Waals surface area contributed by atoms with Crippen LogP contribution in [0.4, 0.5) is 5.69 Å². The van der Waals surface area contributed by atoms with E-state index in [1.807, 2.05) is 0 Å². The maximum absolute atomic E-state index is 12.6. The van der Waals surface area contributed by atoms with E-state index >= 15 is 0 Å². The molecule has 0 heterocycles. The van der Waals surface area contributed by atoms with Gasteiger partial charge in [-0.3, -0.25) is 9.59 Å². The molecule has 1 unspecified atom stereocenters. The van der Waals surface area contributed by atoms with E-state index < -0.39 is 17.9 Å². The van der Waals surface area contributed by atoms with Crippen LogP contribution in [0, 0.1) is 6.92 Å². The maximum Gasteiger partial charge on any atom is 0.326 e. The van der Waals surface area contributed by atoms with E-state index in [1.54, 1.807) is 55.5 Å². The van der Waals surface area contributed by atoms with Gasteiger partial charge in [-0.05, 0) is 48.4 Å². The lowest BCUT2D eigenvalue weighted by molar-refractivity contribution is -0.139. The van der Waals surface area contributed by atoms with Crippen molar-refractivity contribution < 1.29 is 19.5 Å². The Hall–Kier alpha value is -3.06. The predicted octanol–water partition coefficient (Wildman–Crippen LogP) is 5.63. The summed E-state index contributed by atoms with van der Waals surface area (Å²) in [7, 11) is 0. The highest BCUT2D eigenvalue weighted by Crippen LogP contribution is 2.25. The maximum atomic E-state index is 12.6. The van der Waals surface area contributed by atoms with Crippen LogP contribution in [0.2, 0.25) is 15.1 Å². The highest BCUT2D eigenvalue weighted by Gasteiger charge is 2.24. The fraction of sp³-hybridized carbons (Fsp3) is 0.125. The topological polar surface area (TPSA) is 95.5 Å². The molecule has 1 atom stereocenters. The van der Waals surface area contributed by atoms with Crippen molar-refractivity contribution in [3.8, 4) is 0 Å². The smallest absolute Gasteiger partial charge is 0.326 e. The van der Waals surface area contributed by atoms with Crippen molar-refractivity contribution in [2.45, 2.75) is 19.4 Å². The van der Waals surface area contributed by atoms with Crippen molar-refractivity contribution in [2.24, 2.45) is 0 Å². The molecule has 9 heteroatoms. The van der Waals surface area contributed by atoms with E-state index in [-0.39, 0.29) is 27.9 Å². The first-order chi connectivity index (χ1) is 15.7. The van der Waals surface area contributed by atoms with Gasteiger partial charge in [0.25, 0.3) is 11.8 Å². The number of carboxylic acids is 1. The van der Waals surface area contributed by atoms with E-state index in [0.29, 0.717) is 21.8 Å². The molecule has 0 aliphatic rings. The molecule has 3 aromatic carbocycles. The molecular formula is C24H19Cl3N2O4. The average Bonchev–Trinajstić information content (AvgIpc) is 2.74.